The van der Waals surface area contributed by atoms with Gasteiger partial charge in [0.25, 0.3) is 0 Å². The third-order valence-corrected chi connectivity index (χ3v) is 2.41. The first kappa shape index (κ1) is 12.5. The molecule has 1 aromatic rings. The summed E-state index contributed by atoms with van der Waals surface area (Å²) in [7, 11) is 0. The van der Waals surface area contributed by atoms with E-state index in [-0.39, 0.29) is 11.9 Å². The minimum atomic E-state index is 0.242. The highest BCUT2D eigenvalue weighted by Crippen LogP contribution is 1.97. The molecular formula is C10H19N5O. The zero-order valence-electron chi connectivity index (χ0n) is 9.50. The van der Waals surface area contributed by atoms with Crippen molar-refractivity contribution in [1.29, 1.82) is 0 Å². The second kappa shape index (κ2) is 6.84. The lowest BCUT2D eigenvalue weighted by atomic mass is 10.1. The van der Waals surface area contributed by atoms with Gasteiger partial charge in [0, 0.05) is 31.4 Å². The van der Waals surface area contributed by atoms with Crippen LogP contribution < -0.4 is 11.1 Å². The van der Waals surface area contributed by atoms with Crippen LogP contribution in [0.3, 0.4) is 0 Å². The maximum Gasteiger partial charge on any atom is 0.140 e. The number of amidine groups is 1. The van der Waals surface area contributed by atoms with Crippen molar-refractivity contribution in [1.82, 2.24) is 15.1 Å². The van der Waals surface area contributed by atoms with Gasteiger partial charge < -0.3 is 16.3 Å². The molecule has 0 amide bonds. The Morgan fingerprint density at radius 3 is 3.06 bits per heavy atom. The molecule has 6 heteroatoms. The van der Waals surface area contributed by atoms with E-state index in [0.29, 0.717) is 6.42 Å². The number of nitrogens with one attached hydrogen (secondary N) is 1. The number of rotatable bonds is 7. The van der Waals surface area contributed by atoms with E-state index >= 15 is 0 Å². The molecule has 0 aliphatic heterocycles. The van der Waals surface area contributed by atoms with E-state index in [0.717, 1.165) is 19.5 Å². The van der Waals surface area contributed by atoms with Crippen LogP contribution in [0.15, 0.2) is 23.6 Å². The Balaban J connectivity index is 2.23. The van der Waals surface area contributed by atoms with Crippen molar-refractivity contribution >= 4 is 5.84 Å². The van der Waals surface area contributed by atoms with Crippen LogP contribution in [0.1, 0.15) is 19.8 Å². The van der Waals surface area contributed by atoms with E-state index in [1.54, 1.807) is 6.20 Å². The SMILES string of the molecule is CCC(CC(N)=NO)NCCn1cccn1. The number of nitrogens with zero attached hydrogens (tertiary/aromatic N) is 3. The number of hydrogen-bond acceptors (Lipinski definition) is 4. The molecule has 1 atom stereocenters. The topological polar surface area (TPSA) is 88.5 Å². The average molecular weight is 225 g/mol. The molecule has 90 valence electrons. The lowest BCUT2D eigenvalue weighted by Crippen LogP contribution is -2.35. The minimum absolute atomic E-state index is 0.242. The largest absolute Gasteiger partial charge is 0.409 e. The fourth-order valence-corrected chi connectivity index (χ4v) is 1.47. The Kier molecular flexibility index (Phi) is 5.35. The van der Waals surface area contributed by atoms with Crippen LogP contribution >= 0.6 is 0 Å². The summed E-state index contributed by atoms with van der Waals surface area (Å²) >= 11 is 0. The molecule has 0 saturated heterocycles. The van der Waals surface area contributed by atoms with Gasteiger partial charge in [-0.2, -0.15) is 5.10 Å². The molecule has 1 aromatic heterocycles. The van der Waals surface area contributed by atoms with Crippen molar-refractivity contribution in [3.63, 3.8) is 0 Å². The van der Waals surface area contributed by atoms with Gasteiger partial charge in [0.05, 0.1) is 6.54 Å². The summed E-state index contributed by atoms with van der Waals surface area (Å²) in [5.41, 5.74) is 5.46. The summed E-state index contributed by atoms with van der Waals surface area (Å²) in [6, 6.07) is 2.14. The van der Waals surface area contributed by atoms with E-state index in [9.17, 15) is 0 Å². The molecule has 0 aliphatic rings. The normalized spacial score (nSPS) is 13.9. The first-order valence-electron chi connectivity index (χ1n) is 5.43. The van der Waals surface area contributed by atoms with Gasteiger partial charge in [-0.1, -0.05) is 12.1 Å². The molecule has 1 rings (SSSR count). The Morgan fingerprint density at radius 2 is 2.50 bits per heavy atom. The Labute approximate surface area is 95.1 Å². The van der Waals surface area contributed by atoms with Crippen molar-refractivity contribution in [2.45, 2.75) is 32.4 Å². The van der Waals surface area contributed by atoms with Crippen LogP contribution in [0.2, 0.25) is 0 Å². The van der Waals surface area contributed by atoms with Crippen LogP contribution in [-0.4, -0.2) is 33.4 Å². The van der Waals surface area contributed by atoms with Crippen LogP contribution in [-0.2, 0) is 6.54 Å². The third-order valence-electron chi connectivity index (χ3n) is 2.41. The van der Waals surface area contributed by atoms with Crippen molar-refractivity contribution in [2.24, 2.45) is 10.9 Å². The highest BCUT2D eigenvalue weighted by Gasteiger charge is 2.07. The monoisotopic (exact) mass is 225 g/mol. The van der Waals surface area contributed by atoms with Crippen LogP contribution in [0.25, 0.3) is 0 Å². The summed E-state index contributed by atoms with van der Waals surface area (Å²) in [5.74, 6) is 0.262. The minimum Gasteiger partial charge on any atom is -0.409 e. The third kappa shape index (κ3) is 4.31. The molecular weight excluding hydrogens is 206 g/mol. The quantitative estimate of drug-likeness (QED) is 0.271. The molecule has 0 radical (unpaired) electrons. The van der Waals surface area contributed by atoms with Gasteiger partial charge >= 0.3 is 0 Å². The Hall–Kier alpha value is -1.56. The fraction of sp³-hybridized carbons (Fsp3) is 0.600. The van der Waals surface area contributed by atoms with E-state index in [1.165, 1.54) is 0 Å². The predicted molar refractivity (Wildman–Crippen MR) is 62.3 cm³/mol. The molecule has 4 N–H and O–H groups in total. The molecule has 0 aromatic carbocycles. The fourth-order valence-electron chi connectivity index (χ4n) is 1.47. The molecule has 16 heavy (non-hydrogen) atoms. The number of hydrogen-bond donors (Lipinski definition) is 3. The van der Waals surface area contributed by atoms with Crippen molar-refractivity contribution in [2.75, 3.05) is 6.54 Å². The Morgan fingerprint density at radius 1 is 1.69 bits per heavy atom. The average Bonchev–Trinajstić information content (AvgIpc) is 2.80. The van der Waals surface area contributed by atoms with Gasteiger partial charge in [0.2, 0.25) is 0 Å². The molecule has 1 heterocycles. The zero-order valence-corrected chi connectivity index (χ0v) is 9.50. The highest BCUT2D eigenvalue weighted by molar-refractivity contribution is 5.80. The predicted octanol–water partition coefficient (Wildman–Crippen LogP) is 0.388. The molecule has 6 nitrogen and oxygen atoms in total. The summed E-state index contributed by atoms with van der Waals surface area (Å²) in [6.45, 7) is 3.70. The zero-order chi connectivity index (χ0) is 11.8. The van der Waals surface area contributed by atoms with Gasteiger partial charge in [0.15, 0.2) is 0 Å². The smallest absolute Gasteiger partial charge is 0.140 e. The van der Waals surface area contributed by atoms with Gasteiger partial charge in [-0.05, 0) is 12.5 Å². The van der Waals surface area contributed by atoms with E-state index in [2.05, 4.69) is 22.5 Å². The van der Waals surface area contributed by atoms with Crippen molar-refractivity contribution in [3.8, 4) is 0 Å². The van der Waals surface area contributed by atoms with Gasteiger partial charge in [-0.15, -0.1) is 0 Å². The summed E-state index contributed by atoms with van der Waals surface area (Å²) < 4.78 is 1.86. The maximum absolute atomic E-state index is 8.48. The highest BCUT2D eigenvalue weighted by atomic mass is 16.4. The van der Waals surface area contributed by atoms with Crippen LogP contribution in [0.5, 0.6) is 0 Å². The molecule has 0 spiro atoms. The van der Waals surface area contributed by atoms with E-state index < -0.39 is 0 Å². The lowest BCUT2D eigenvalue weighted by Gasteiger charge is -2.15. The molecule has 0 bridgehead atoms. The first-order valence-corrected chi connectivity index (χ1v) is 5.43. The van der Waals surface area contributed by atoms with Crippen molar-refractivity contribution < 1.29 is 5.21 Å². The number of aromatic nitrogens is 2. The van der Waals surface area contributed by atoms with E-state index in [4.69, 9.17) is 10.9 Å². The van der Waals surface area contributed by atoms with Crippen LogP contribution in [0, 0.1) is 0 Å². The lowest BCUT2D eigenvalue weighted by molar-refractivity contribution is 0.315. The number of nitrogens with two attached hydrogens (primary N) is 1. The van der Waals surface area contributed by atoms with Gasteiger partial charge in [-0.3, -0.25) is 4.68 Å². The second-order valence-electron chi connectivity index (χ2n) is 3.62. The van der Waals surface area contributed by atoms with Crippen molar-refractivity contribution in [3.05, 3.63) is 18.5 Å². The summed E-state index contributed by atoms with van der Waals surface area (Å²) in [4.78, 5) is 0. The second-order valence-corrected chi connectivity index (χ2v) is 3.62. The maximum atomic E-state index is 8.48. The number of oxime groups is 1. The molecule has 1 unspecified atom stereocenters. The standard InChI is InChI=1S/C10H19N5O/c1-2-9(8-10(11)14-16)12-5-7-15-6-3-4-13-15/h3-4,6,9,12,16H,2,5,7-8H2,1H3,(H2,11,14). The van der Waals surface area contributed by atoms with Gasteiger partial charge in [-0.25, -0.2) is 0 Å². The molecule has 0 fully saturated rings. The van der Waals surface area contributed by atoms with Crippen LogP contribution in [0.4, 0.5) is 0 Å². The molecule has 0 aliphatic carbocycles. The summed E-state index contributed by atoms with van der Waals surface area (Å²) in [6.07, 6.45) is 5.18. The summed E-state index contributed by atoms with van der Waals surface area (Å²) in [5, 5.41) is 18.9. The first-order chi connectivity index (χ1) is 7.76. The molecule has 0 saturated carbocycles. The van der Waals surface area contributed by atoms with E-state index in [1.807, 2.05) is 16.9 Å². The van der Waals surface area contributed by atoms with Gasteiger partial charge in [0.1, 0.15) is 5.84 Å². The Bertz CT molecular complexity index is 309.